The second kappa shape index (κ2) is 5.21. The number of hydrogen-bond donors (Lipinski definition) is 1. The molecule has 4 atom stereocenters. The molecule has 0 amide bonds. The first kappa shape index (κ1) is 15.9. The maximum Gasteiger partial charge on any atom is 0.331 e. The molecule has 0 aromatic heterocycles. The molecule has 0 heterocycles. The Morgan fingerprint density at radius 2 is 1.96 bits per heavy atom. The van der Waals surface area contributed by atoms with E-state index >= 15 is 0 Å². The van der Waals surface area contributed by atoms with Crippen LogP contribution in [0.2, 0.25) is 0 Å². The summed E-state index contributed by atoms with van der Waals surface area (Å²) < 4.78 is 0. The number of benzene rings is 1. The maximum absolute atomic E-state index is 11.8. The number of carboxylic acid groups (broad SMARTS) is 1. The van der Waals surface area contributed by atoms with Gasteiger partial charge in [0.05, 0.1) is 0 Å². The van der Waals surface area contributed by atoms with E-state index in [0.717, 1.165) is 31.3 Å². The lowest BCUT2D eigenvalue weighted by Gasteiger charge is -2.54. The maximum atomic E-state index is 11.8. The van der Waals surface area contributed by atoms with Gasteiger partial charge in [-0.3, -0.25) is 0 Å². The minimum absolute atomic E-state index is 0.137. The molecule has 1 N–H and O–H groups in total. The summed E-state index contributed by atoms with van der Waals surface area (Å²) in [5, 5.41) is 9.68. The van der Waals surface area contributed by atoms with E-state index in [9.17, 15) is 9.90 Å². The number of allylic oxidation sites excluding steroid dienone is 1. The van der Waals surface area contributed by atoms with Crippen molar-refractivity contribution in [2.24, 2.45) is 28.6 Å². The van der Waals surface area contributed by atoms with Crippen LogP contribution in [0.5, 0.6) is 0 Å². The van der Waals surface area contributed by atoms with E-state index in [4.69, 9.17) is 0 Å². The SMILES string of the molecule is C[C@@H]1C[C@H](Cc2ccccc2)[C@@H]2CC3=C(C(=O)O)CC[C@@]31C2(C)C. The molecule has 0 unspecified atom stereocenters. The van der Waals surface area contributed by atoms with Gasteiger partial charge in [-0.1, -0.05) is 56.7 Å². The van der Waals surface area contributed by atoms with E-state index in [2.05, 4.69) is 51.1 Å². The van der Waals surface area contributed by atoms with Crippen molar-refractivity contribution in [2.45, 2.75) is 52.9 Å². The smallest absolute Gasteiger partial charge is 0.331 e. The van der Waals surface area contributed by atoms with Gasteiger partial charge in [-0.2, -0.15) is 0 Å². The molecule has 3 aliphatic rings. The second-order valence-corrected chi connectivity index (χ2v) is 8.85. The van der Waals surface area contributed by atoms with Crippen molar-refractivity contribution >= 4 is 5.97 Å². The van der Waals surface area contributed by atoms with E-state index in [1.54, 1.807) is 0 Å². The average molecular weight is 324 g/mol. The number of hydrogen-bond acceptors (Lipinski definition) is 1. The predicted molar refractivity (Wildman–Crippen MR) is 95.6 cm³/mol. The van der Waals surface area contributed by atoms with E-state index in [1.807, 2.05) is 0 Å². The van der Waals surface area contributed by atoms with Crippen molar-refractivity contribution in [1.82, 2.24) is 0 Å². The summed E-state index contributed by atoms with van der Waals surface area (Å²) in [5.74, 6) is 1.18. The molecule has 0 saturated heterocycles. The molecule has 2 heteroatoms. The normalized spacial score (nSPS) is 36.7. The lowest BCUT2D eigenvalue weighted by molar-refractivity contribution is -0.132. The van der Waals surface area contributed by atoms with Crippen LogP contribution in [0.3, 0.4) is 0 Å². The molecule has 2 bridgehead atoms. The highest BCUT2D eigenvalue weighted by Crippen LogP contribution is 2.74. The van der Waals surface area contributed by atoms with Crippen molar-refractivity contribution in [3.05, 3.63) is 47.0 Å². The van der Waals surface area contributed by atoms with Crippen LogP contribution in [-0.4, -0.2) is 11.1 Å². The minimum Gasteiger partial charge on any atom is -0.478 e. The van der Waals surface area contributed by atoms with Gasteiger partial charge >= 0.3 is 5.97 Å². The summed E-state index contributed by atoms with van der Waals surface area (Å²) >= 11 is 0. The summed E-state index contributed by atoms with van der Waals surface area (Å²) in [6.07, 6.45) is 5.20. The molecule has 1 spiro atoms. The van der Waals surface area contributed by atoms with Crippen molar-refractivity contribution < 1.29 is 9.90 Å². The fourth-order valence-electron chi connectivity index (χ4n) is 6.85. The van der Waals surface area contributed by atoms with Gasteiger partial charge in [-0.05, 0) is 60.8 Å². The third kappa shape index (κ3) is 1.92. The Morgan fingerprint density at radius 1 is 1.25 bits per heavy atom. The quantitative estimate of drug-likeness (QED) is 0.840. The topological polar surface area (TPSA) is 37.3 Å². The van der Waals surface area contributed by atoms with Crippen LogP contribution in [-0.2, 0) is 11.2 Å². The lowest BCUT2D eigenvalue weighted by atomic mass is 9.50. The number of carbonyl (C=O) groups is 1. The second-order valence-electron chi connectivity index (χ2n) is 8.85. The van der Waals surface area contributed by atoms with Gasteiger partial charge < -0.3 is 5.11 Å². The zero-order valence-corrected chi connectivity index (χ0v) is 15.0. The summed E-state index contributed by atoms with van der Waals surface area (Å²) in [4.78, 5) is 11.8. The van der Waals surface area contributed by atoms with Crippen molar-refractivity contribution in [3.8, 4) is 0 Å². The lowest BCUT2D eigenvalue weighted by Crippen LogP contribution is -2.48. The van der Waals surface area contributed by atoms with Gasteiger partial charge in [-0.15, -0.1) is 0 Å². The standard InChI is InChI=1S/C22H28O2/c1-14-11-16(12-15-7-5-4-6-8-15)18-13-19-17(20(23)24)9-10-22(14,19)21(18,2)3/h4-8,14,16,18H,9-13H2,1-3H3,(H,23,24)/t14-,16-,18+,22+/m1/s1. The third-order valence-electron chi connectivity index (χ3n) is 7.84. The Bertz CT molecular complexity index is 700. The van der Waals surface area contributed by atoms with Gasteiger partial charge in [0.1, 0.15) is 0 Å². The monoisotopic (exact) mass is 324 g/mol. The third-order valence-corrected chi connectivity index (χ3v) is 7.84. The molecule has 3 aliphatic carbocycles. The van der Waals surface area contributed by atoms with Crippen LogP contribution < -0.4 is 0 Å². The molecule has 128 valence electrons. The molecular formula is C22H28O2. The van der Waals surface area contributed by atoms with Crippen molar-refractivity contribution in [1.29, 1.82) is 0 Å². The average Bonchev–Trinajstić information content (AvgIpc) is 2.98. The highest BCUT2D eigenvalue weighted by molar-refractivity contribution is 5.89. The summed E-state index contributed by atoms with van der Waals surface area (Å²) in [6, 6.07) is 10.8. The molecule has 24 heavy (non-hydrogen) atoms. The van der Waals surface area contributed by atoms with Gasteiger partial charge in [-0.25, -0.2) is 4.79 Å². The zero-order chi connectivity index (χ0) is 17.1. The first-order chi connectivity index (χ1) is 11.4. The van der Waals surface area contributed by atoms with Gasteiger partial charge in [0, 0.05) is 11.0 Å². The van der Waals surface area contributed by atoms with Gasteiger partial charge in [0.25, 0.3) is 0 Å². The highest BCUT2D eigenvalue weighted by Gasteiger charge is 2.66. The van der Waals surface area contributed by atoms with E-state index < -0.39 is 5.97 Å². The predicted octanol–water partition coefficient (Wildman–Crippen LogP) is 5.09. The molecule has 1 aromatic rings. The largest absolute Gasteiger partial charge is 0.478 e. The Hall–Kier alpha value is -1.57. The summed E-state index contributed by atoms with van der Waals surface area (Å²) in [5.41, 5.74) is 3.83. The van der Waals surface area contributed by atoms with Gasteiger partial charge in [0.2, 0.25) is 0 Å². The Balaban J connectivity index is 1.74. The fraction of sp³-hybridized carbons (Fsp3) is 0.591. The summed E-state index contributed by atoms with van der Waals surface area (Å²) in [6.45, 7) is 7.22. The Kier molecular flexibility index (Phi) is 3.46. The highest BCUT2D eigenvalue weighted by atomic mass is 16.4. The minimum atomic E-state index is -0.669. The van der Waals surface area contributed by atoms with E-state index in [-0.39, 0.29) is 10.8 Å². The number of carboxylic acids is 1. The van der Waals surface area contributed by atoms with E-state index in [0.29, 0.717) is 17.8 Å². The van der Waals surface area contributed by atoms with Crippen LogP contribution in [0.15, 0.2) is 41.5 Å². The van der Waals surface area contributed by atoms with Crippen molar-refractivity contribution in [3.63, 3.8) is 0 Å². The van der Waals surface area contributed by atoms with E-state index in [1.165, 1.54) is 17.6 Å². The number of rotatable bonds is 3. The molecule has 0 radical (unpaired) electrons. The summed E-state index contributed by atoms with van der Waals surface area (Å²) in [7, 11) is 0. The molecule has 1 aromatic carbocycles. The molecule has 4 rings (SSSR count). The molecule has 2 nitrogen and oxygen atoms in total. The molecule has 0 aliphatic heterocycles. The van der Waals surface area contributed by atoms with Crippen LogP contribution >= 0.6 is 0 Å². The van der Waals surface area contributed by atoms with Crippen LogP contribution in [0, 0.1) is 28.6 Å². The first-order valence-corrected chi connectivity index (χ1v) is 9.37. The van der Waals surface area contributed by atoms with Crippen molar-refractivity contribution in [2.75, 3.05) is 0 Å². The van der Waals surface area contributed by atoms with Crippen LogP contribution in [0.1, 0.15) is 52.0 Å². The zero-order valence-electron chi connectivity index (χ0n) is 15.0. The molecule has 2 saturated carbocycles. The van der Waals surface area contributed by atoms with Gasteiger partial charge in [0.15, 0.2) is 0 Å². The molecular weight excluding hydrogens is 296 g/mol. The van der Waals surface area contributed by atoms with Crippen LogP contribution in [0.25, 0.3) is 0 Å². The Morgan fingerprint density at radius 3 is 2.62 bits per heavy atom. The molecule has 2 fully saturated rings. The fourth-order valence-corrected chi connectivity index (χ4v) is 6.85. The number of fused-ring (bicyclic) bond motifs is 1. The number of aliphatic carboxylic acids is 1. The van der Waals surface area contributed by atoms with Crippen LogP contribution in [0.4, 0.5) is 0 Å². The Labute approximate surface area is 145 Å². The first-order valence-electron chi connectivity index (χ1n) is 9.37.